The Bertz CT molecular complexity index is 595. The molecule has 2 saturated heterocycles. The third kappa shape index (κ3) is 2.52. The molecule has 0 aromatic heterocycles. The maximum atomic E-state index is 12.4. The molecule has 2 aliphatic rings. The largest absolute Gasteiger partial charge is 0.469 e. The highest BCUT2D eigenvalue weighted by molar-refractivity contribution is 6.42. The molecule has 2 bridgehead atoms. The number of methoxy groups -OCH3 is 1. The van der Waals surface area contributed by atoms with Crippen molar-refractivity contribution in [1.29, 1.82) is 0 Å². The molecule has 6 heteroatoms. The molecule has 2 fully saturated rings. The molecule has 0 saturated carbocycles. The lowest BCUT2D eigenvalue weighted by atomic mass is 9.76. The van der Waals surface area contributed by atoms with Gasteiger partial charge in [0, 0.05) is 18.0 Å². The second-order valence-corrected chi connectivity index (χ2v) is 6.98. The van der Waals surface area contributed by atoms with Crippen molar-refractivity contribution in [2.45, 2.75) is 36.9 Å². The summed E-state index contributed by atoms with van der Waals surface area (Å²) >= 11 is 12.1. The molecule has 0 amide bonds. The molecule has 0 aliphatic carbocycles. The van der Waals surface area contributed by atoms with Crippen molar-refractivity contribution in [3.05, 3.63) is 33.8 Å². The third-order valence-electron chi connectivity index (χ3n) is 5.16. The first-order valence-electron chi connectivity index (χ1n) is 7.36. The Morgan fingerprint density at radius 2 is 2.00 bits per heavy atom. The summed E-state index contributed by atoms with van der Waals surface area (Å²) in [6.07, 6.45) is 0.889. The molecule has 2 unspecified atom stereocenters. The van der Waals surface area contributed by atoms with Crippen LogP contribution in [0.1, 0.15) is 24.3 Å². The average molecular weight is 344 g/mol. The molecule has 0 radical (unpaired) electrons. The Morgan fingerprint density at radius 3 is 2.64 bits per heavy atom. The van der Waals surface area contributed by atoms with Crippen LogP contribution < -0.4 is 0 Å². The van der Waals surface area contributed by atoms with Gasteiger partial charge in [0.15, 0.2) is 0 Å². The number of halogens is 2. The summed E-state index contributed by atoms with van der Waals surface area (Å²) in [5.41, 5.74) is 0.974. The predicted molar refractivity (Wildman–Crippen MR) is 85.3 cm³/mol. The fourth-order valence-corrected chi connectivity index (χ4v) is 4.34. The molecule has 2 heterocycles. The topological polar surface area (TPSA) is 49.8 Å². The van der Waals surface area contributed by atoms with Crippen molar-refractivity contribution >= 4 is 29.2 Å². The fraction of sp³-hybridized carbons (Fsp3) is 0.562. The van der Waals surface area contributed by atoms with Gasteiger partial charge in [-0.15, -0.1) is 0 Å². The summed E-state index contributed by atoms with van der Waals surface area (Å²) in [5, 5.41) is 11.2. The molecule has 4 nitrogen and oxygen atoms in total. The Balaban J connectivity index is 2.00. The second kappa shape index (κ2) is 6.00. The van der Waals surface area contributed by atoms with Crippen LogP contribution in [0.3, 0.4) is 0 Å². The normalized spacial score (nSPS) is 34.7. The molecule has 2 aliphatic heterocycles. The van der Waals surface area contributed by atoms with Crippen molar-refractivity contribution in [2.75, 3.05) is 14.2 Å². The van der Waals surface area contributed by atoms with Crippen LogP contribution in [0.25, 0.3) is 0 Å². The number of piperidine rings is 1. The monoisotopic (exact) mass is 343 g/mol. The van der Waals surface area contributed by atoms with Crippen LogP contribution in [0.5, 0.6) is 0 Å². The lowest BCUT2D eigenvalue weighted by molar-refractivity contribution is -0.150. The Morgan fingerprint density at radius 1 is 1.27 bits per heavy atom. The highest BCUT2D eigenvalue weighted by Gasteiger charge is 2.53. The van der Waals surface area contributed by atoms with Gasteiger partial charge in [0.1, 0.15) is 0 Å². The minimum atomic E-state index is -0.407. The van der Waals surface area contributed by atoms with Crippen LogP contribution in [-0.4, -0.2) is 48.3 Å². The van der Waals surface area contributed by atoms with Gasteiger partial charge in [0.05, 0.1) is 29.2 Å². The summed E-state index contributed by atoms with van der Waals surface area (Å²) in [4.78, 5) is 14.5. The highest BCUT2D eigenvalue weighted by Crippen LogP contribution is 2.47. The lowest BCUT2D eigenvalue weighted by Gasteiger charge is -2.41. The van der Waals surface area contributed by atoms with Gasteiger partial charge in [0.25, 0.3) is 0 Å². The van der Waals surface area contributed by atoms with Gasteiger partial charge < -0.3 is 9.84 Å². The molecule has 0 spiro atoms. The van der Waals surface area contributed by atoms with E-state index >= 15 is 0 Å². The lowest BCUT2D eigenvalue weighted by Crippen LogP contribution is -2.49. The van der Waals surface area contributed by atoms with Gasteiger partial charge in [-0.1, -0.05) is 29.3 Å². The van der Waals surface area contributed by atoms with Crippen molar-refractivity contribution in [3.63, 3.8) is 0 Å². The first kappa shape index (κ1) is 16.1. The fourth-order valence-electron chi connectivity index (χ4n) is 4.03. The van der Waals surface area contributed by atoms with Gasteiger partial charge >= 0.3 is 5.97 Å². The van der Waals surface area contributed by atoms with Crippen LogP contribution >= 0.6 is 23.2 Å². The number of rotatable bonds is 2. The highest BCUT2D eigenvalue weighted by atomic mass is 35.5. The van der Waals surface area contributed by atoms with E-state index in [-0.39, 0.29) is 29.9 Å². The van der Waals surface area contributed by atoms with E-state index in [0.29, 0.717) is 22.9 Å². The molecule has 120 valence electrons. The number of likely N-dealkylation sites (N-methyl/N-ethyl adjacent to an activating group) is 1. The first-order chi connectivity index (χ1) is 10.4. The summed E-state index contributed by atoms with van der Waals surface area (Å²) < 4.78 is 5.02. The second-order valence-electron chi connectivity index (χ2n) is 6.17. The molecule has 1 aromatic carbocycles. The van der Waals surface area contributed by atoms with Crippen molar-refractivity contribution in [1.82, 2.24) is 4.90 Å². The summed E-state index contributed by atoms with van der Waals surface area (Å²) in [5.74, 6) is -0.563. The van der Waals surface area contributed by atoms with Gasteiger partial charge in [0.2, 0.25) is 0 Å². The zero-order valence-electron chi connectivity index (χ0n) is 12.5. The number of aliphatic hydroxyl groups is 1. The maximum absolute atomic E-state index is 12.4. The molecule has 1 aromatic rings. The zero-order chi connectivity index (χ0) is 16.0. The first-order valence-corrected chi connectivity index (χ1v) is 8.12. The number of nitrogens with zero attached hydrogens (tertiary/aromatic N) is 1. The minimum Gasteiger partial charge on any atom is -0.469 e. The zero-order valence-corrected chi connectivity index (χ0v) is 14.0. The Hall–Kier alpha value is -0.810. The van der Waals surface area contributed by atoms with E-state index < -0.39 is 6.10 Å². The van der Waals surface area contributed by atoms with Crippen LogP contribution in [0.2, 0.25) is 10.0 Å². The van der Waals surface area contributed by atoms with E-state index in [9.17, 15) is 9.90 Å². The number of carbonyl (C=O) groups is 1. The van der Waals surface area contributed by atoms with Crippen molar-refractivity contribution in [3.8, 4) is 0 Å². The number of carbonyl (C=O) groups excluding carboxylic acids is 1. The van der Waals surface area contributed by atoms with E-state index in [2.05, 4.69) is 4.90 Å². The smallest absolute Gasteiger partial charge is 0.310 e. The van der Waals surface area contributed by atoms with Gasteiger partial charge in [-0.25, -0.2) is 0 Å². The van der Waals surface area contributed by atoms with Crippen LogP contribution in [0, 0.1) is 5.92 Å². The number of fused-ring (bicyclic) bond motifs is 2. The van der Waals surface area contributed by atoms with Gasteiger partial charge in [-0.3, -0.25) is 9.69 Å². The summed E-state index contributed by atoms with van der Waals surface area (Å²) in [7, 11) is 3.37. The van der Waals surface area contributed by atoms with E-state index in [1.165, 1.54) is 7.11 Å². The Labute approximate surface area is 140 Å². The molecule has 22 heavy (non-hydrogen) atoms. The van der Waals surface area contributed by atoms with Crippen molar-refractivity contribution in [2.24, 2.45) is 5.92 Å². The maximum Gasteiger partial charge on any atom is 0.310 e. The molecule has 5 atom stereocenters. The summed E-state index contributed by atoms with van der Waals surface area (Å²) in [6.45, 7) is 0. The number of esters is 1. The summed E-state index contributed by atoms with van der Waals surface area (Å²) in [6, 6.07) is 5.53. The van der Waals surface area contributed by atoms with E-state index in [1.807, 2.05) is 19.2 Å². The number of hydrogen-bond donors (Lipinski definition) is 1. The average Bonchev–Trinajstić information content (AvgIpc) is 2.68. The predicted octanol–water partition coefficient (Wildman–Crippen LogP) is 2.70. The molecular formula is C16H19Cl2NO3. The number of hydrogen-bond acceptors (Lipinski definition) is 4. The molecule has 3 rings (SSSR count). The number of benzene rings is 1. The van der Waals surface area contributed by atoms with E-state index in [0.717, 1.165) is 5.56 Å². The third-order valence-corrected chi connectivity index (χ3v) is 5.90. The van der Waals surface area contributed by atoms with E-state index in [4.69, 9.17) is 27.9 Å². The Kier molecular flexibility index (Phi) is 4.38. The van der Waals surface area contributed by atoms with Gasteiger partial charge in [-0.2, -0.15) is 0 Å². The van der Waals surface area contributed by atoms with Gasteiger partial charge in [-0.05, 0) is 37.6 Å². The molecular weight excluding hydrogens is 325 g/mol. The van der Waals surface area contributed by atoms with E-state index in [1.54, 1.807) is 6.07 Å². The number of aliphatic hydroxyl groups excluding tert-OH is 1. The minimum absolute atomic E-state index is 0.0133. The number of ether oxygens (including phenoxy) is 1. The standard InChI is InChI=1S/C16H19Cl2NO3/c1-19-12-6-9(8-3-4-10(17)11(18)5-8)15(16(21)22-2)13(19)7-14(12)20/h3-5,9,12-15,20H,6-7H2,1-2H3/t9-,12?,13?,14-,15-/m0/s1. The van der Waals surface area contributed by atoms with Crippen LogP contribution in [-0.2, 0) is 9.53 Å². The quantitative estimate of drug-likeness (QED) is 0.838. The van der Waals surface area contributed by atoms with Crippen molar-refractivity contribution < 1.29 is 14.6 Å². The van der Waals surface area contributed by atoms with Crippen LogP contribution in [0.4, 0.5) is 0 Å². The SMILES string of the molecule is COC(=O)[C@@H]1C2C[C@H](O)C(C[C@H]1c1ccc(Cl)c(Cl)c1)N2C. The van der Waals surface area contributed by atoms with Crippen LogP contribution in [0.15, 0.2) is 18.2 Å². The molecule has 1 N–H and O–H groups in total.